The van der Waals surface area contributed by atoms with Gasteiger partial charge in [-0.05, 0) is 43.3 Å². The SMILES string of the molecule is O=C1N=C(N2CCN3CCCC3C2)SC1=Cc1ccccc1O. The lowest BCUT2D eigenvalue weighted by Gasteiger charge is -2.38. The van der Waals surface area contributed by atoms with E-state index in [4.69, 9.17) is 0 Å². The molecule has 0 saturated carbocycles. The fraction of sp³-hybridized carbons (Fsp3) is 0.412. The van der Waals surface area contributed by atoms with Crippen molar-refractivity contribution in [3.63, 3.8) is 0 Å². The minimum absolute atomic E-state index is 0.182. The monoisotopic (exact) mass is 329 g/mol. The van der Waals surface area contributed by atoms with Crippen LogP contribution in [-0.2, 0) is 4.79 Å². The van der Waals surface area contributed by atoms with E-state index in [1.807, 2.05) is 6.07 Å². The van der Waals surface area contributed by atoms with Crippen molar-refractivity contribution in [3.05, 3.63) is 34.7 Å². The first-order valence-corrected chi connectivity index (χ1v) is 8.82. The van der Waals surface area contributed by atoms with Gasteiger partial charge in [0.1, 0.15) is 5.75 Å². The van der Waals surface area contributed by atoms with E-state index < -0.39 is 0 Å². The molecule has 1 atom stereocenters. The molecule has 6 heteroatoms. The van der Waals surface area contributed by atoms with Gasteiger partial charge in [0.05, 0.1) is 4.91 Å². The van der Waals surface area contributed by atoms with Crippen LogP contribution in [0.3, 0.4) is 0 Å². The van der Waals surface area contributed by atoms with Crippen LogP contribution in [0.25, 0.3) is 6.08 Å². The number of hydrogen-bond acceptors (Lipinski definition) is 5. The molecule has 4 rings (SSSR count). The zero-order valence-electron chi connectivity index (χ0n) is 12.8. The van der Waals surface area contributed by atoms with Crippen LogP contribution in [0.4, 0.5) is 0 Å². The van der Waals surface area contributed by atoms with E-state index in [-0.39, 0.29) is 11.7 Å². The summed E-state index contributed by atoms with van der Waals surface area (Å²) in [6, 6.07) is 7.64. The topological polar surface area (TPSA) is 56.1 Å². The molecule has 5 nitrogen and oxygen atoms in total. The Labute approximate surface area is 139 Å². The number of nitrogens with zero attached hydrogens (tertiary/aromatic N) is 3. The Kier molecular flexibility index (Phi) is 3.87. The summed E-state index contributed by atoms with van der Waals surface area (Å²) in [6.45, 7) is 4.15. The Morgan fingerprint density at radius 2 is 2.13 bits per heavy atom. The molecular weight excluding hydrogens is 310 g/mol. The normalized spacial score (nSPS) is 26.7. The first-order chi connectivity index (χ1) is 11.2. The third kappa shape index (κ3) is 2.88. The Morgan fingerprint density at radius 1 is 1.26 bits per heavy atom. The third-order valence-corrected chi connectivity index (χ3v) is 5.73. The van der Waals surface area contributed by atoms with Gasteiger partial charge in [-0.2, -0.15) is 4.99 Å². The summed E-state index contributed by atoms with van der Waals surface area (Å²) < 4.78 is 0. The zero-order valence-corrected chi connectivity index (χ0v) is 13.6. The molecule has 3 heterocycles. The van der Waals surface area contributed by atoms with E-state index in [0.717, 1.165) is 24.8 Å². The third-order valence-electron chi connectivity index (χ3n) is 4.69. The molecule has 120 valence electrons. The van der Waals surface area contributed by atoms with Gasteiger partial charge < -0.3 is 10.0 Å². The number of phenolic OH excluding ortho intramolecular Hbond substituents is 1. The Bertz CT molecular complexity index is 701. The molecule has 0 bridgehead atoms. The maximum absolute atomic E-state index is 12.2. The number of carbonyl (C=O) groups excluding carboxylic acids is 1. The summed E-state index contributed by atoms with van der Waals surface area (Å²) in [6.07, 6.45) is 4.24. The second-order valence-electron chi connectivity index (χ2n) is 6.15. The van der Waals surface area contributed by atoms with Gasteiger partial charge in [-0.1, -0.05) is 18.2 Å². The van der Waals surface area contributed by atoms with Gasteiger partial charge in [0.15, 0.2) is 5.17 Å². The van der Waals surface area contributed by atoms with Crippen molar-refractivity contribution >= 4 is 28.9 Å². The van der Waals surface area contributed by atoms with E-state index in [1.165, 1.54) is 31.1 Å². The van der Waals surface area contributed by atoms with Gasteiger partial charge in [0.2, 0.25) is 0 Å². The van der Waals surface area contributed by atoms with Gasteiger partial charge in [-0.25, -0.2) is 0 Å². The van der Waals surface area contributed by atoms with Crippen LogP contribution in [0.5, 0.6) is 5.75 Å². The molecule has 1 N–H and O–H groups in total. The molecule has 1 aromatic rings. The molecular formula is C17H19N3O2S. The lowest BCUT2D eigenvalue weighted by Crippen LogP contribution is -2.51. The average molecular weight is 329 g/mol. The Balaban J connectivity index is 1.49. The number of hydrogen-bond donors (Lipinski definition) is 1. The molecule has 23 heavy (non-hydrogen) atoms. The highest BCUT2D eigenvalue weighted by atomic mass is 32.2. The predicted molar refractivity (Wildman–Crippen MR) is 92.3 cm³/mol. The molecule has 1 aromatic carbocycles. The zero-order chi connectivity index (χ0) is 15.8. The van der Waals surface area contributed by atoms with Gasteiger partial charge in [-0.15, -0.1) is 0 Å². The molecule has 0 aliphatic carbocycles. The van der Waals surface area contributed by atoms with Crippen molar-refractivity contribution in [2.24, 2.45) is 4.99 Å². The molecule has 0 spiro atoms. The molecule has 0 radical (unpaired) electrons. The minimum Gasteiger partial charge on any atom is -0.507 e. The van der Waals surface area contributed by atoms with E-state index >= 15 is 0 Å². The van der Waals surface area contributed by atoms with Crippen molar-refractivity contribution in [2.45, 2.75) is 18.9 Å². The van der Waals surface area contributed by atoms with Gasteiger partial charge in [0, 0.05) is 31.2 Å². The number of phenols is 1. The van der Waals surface area contributed by atoms with Crippen molar-refractivity contribution in [1.29, 1.82) is 0 Å². The summed E-state index contributed by atoms with van der Waals surface area (Å²) in [4.78, 5) is 21.8. The maximum Gasteiger partial charge on any atom is 0.286 e. The first-order valence-electron chi connectivity index (χ1n) is 8.00. The Hall–Kier alpha value is -1.79. The summed E-state index contributed by atoms with van der Waals surface area (Å²) in [7, 11) is 0. The maximum atomic E-state index is 12.2. The van der Waals surface area contributed by atoms with Gasteiger partial charge >= 0.3 is 0 Å². The first kappa shape index (κ1) is 14.8. The molecule has 1 unspecified atom stereocenters. The van der Waals surface area contributed by atoms with Crippen LogP contribution in [0.1, 0.15) is 18.4 Å². The second-order valence-corrected chi connectivity index (χ2v) is 7.16. The standard InChI is InChI=1S/C17H19N3O2S/c21-14-6-2-1-4-12(14)10-15-16(22)18-17(23-15)20-9-8-19-7-3-5-13(19)11-20/h1-2,4,6,10,13,21H,3,5,7-9,11H2. The number of aromatic hydroxyl groups is 1. The second kappa shape index (κ2) is 6.02. The van der Waals surface area contributed by atoms with Crippen LogP contribution < -0.4 is 0 Å². The van der Waals surface area contributed by atoms with Crippen molar-refractivity contribution < 1.29 is 9.90 Å². The fourth-order valence-electron chi connectivity index (χ4n) is 3.45. The number of benzene rings is 1. The summed E-state index contributed by atoms with van der Waals surface area (Å²) in [5, 5.41) is 10.7. The smallest absolute Gasteiger partial charge is 0.286 e. The quantitative estimate of drug-likeness (QED) is 0.800. The summed E-state index contributed by atoms with van der Waals surface area (Å²) in [5.41, 5.74) is 0.653. The van der Waals surface area contributed by atoms with Crippen molar-refractivity contribution in [2.75, 3.05) is 26.2 Å². The summed E-state index contributed by atoms with van der Waals surface area (Å²) in [5.74, 6) is -0.0245. The van der Waals surface area contributed by atoms with Crippen molar-refractivity contribution in [1.82, 2.24) is 9.80 Å². The molecule has 3 aliphatic heterocycles. The molecule has 1 amide bonds. The minimum atomic E-state index is -0.206. The molecule has 2 saturated heterocycles. The Morgan fingerprint density at radius 3 is 3.00 bits per heavy atom. The lowest BCUT2D eigenvalue weighted by molar-refractivity contribution is -0.113. The van der Waals surface area contributed by atoms with E-state index in [0.29, 0.717) is 16.5 Å². The molecule has 2 fully saturated rings. The van der Waals surface area contributed by atoms with E-state index in [1.54, 1.807) is 24.3 Å². The van der Waals surface area contributed by atoms with Crippen LogP contribution >= 0.6 is 11.8 Å². The van der Waals surface area contributed by atoms with Crippen LogP contribution in [0.2, 0.25) is 0 Å². The number of para-hydroxylation sites is 1. The number of thioether (sulfide) groups is 1. The van der Waals surface area contributed by atoms with Crippen molar-refractivity contribution in [3.8, 4) is 5.75 Å². The number of carbonyl (C=O) groups is 1. The number of fused-ring (bicyclic) bond motifs is 1. The fourth-order valence-corrected chi connectivity index (χ4v) is 4.39. The molecule has 0 aromatic heterocycles. The van der Waals surface area contributed by atoms with Crippen LogP contribution in [0.15, 0.2) is 34.2 Å². The number of amides is 1. The van der Waals surface area contributed by atoms with Gasteiger partial charge in [-0.3, -0.25) is 9.69 Å². The number of aliphatic imine (C=N–C) groups is 1. The summed E-state index contributed by atoms with van der Waals surface area (Å²) >= 11 is 1.42. The lowest BCUT2D eigenvalue weighted by atomic mass is 10.2. The average Bonchev–Trinajstić information content (AvgIpc) is 3.16. The van der Waals surface area contributed by atoms with Gasteiger partial charge in [0.25, 0.3) is 5.91 Å². The highest BCUT2D eigenvalue weighted by Crippen LogP contribution is 2.33. The van der Waals surface area contributed by atoms with Crippen LogP contribution in [0, 0.1) is 0 Å². The molecule has 3 aliphatic rings. The number of amidine groups is 1. The van der Waals surface area contributed by atoms with Crippen LogP contribution in [-0.4, -0.2) is 58.2 Å². The number of rotatable bonds is 1. The highest BCUT2D eigenvalue weighted by Gasteiger charge is 2.34. The predicted octanol–water partition coefficient (Wildman–Crippen LogP) is 2.14. The van der Waals surface area contributed by atoms with E-state index in [2.05, 4.69) is 14.8 Å². The number of piperazine rings is 1. The largest absolute Gasteiger partial charge is 0.507 e. The van der Waals surface area contributed by atoms with E-state index in [9.17, 15) is 9.90 Å². The highest BCUT2D eigenvalue weighted by molar-refractivity contribution is 8.18.